The maximum Gasteiger partial charge on any atom is 0.491 e. The monoisotopic (exact) mass is 352 g/mol. The second kappa shape index (κ2) is 6.83. The number of benzene rings is 1. The van der Waals surface area contributed by atoms with Gasteiger partial charge in [-0.1, -0.05) is 32.9 Å². The van der Waals surface area contributed by atoms with E-state index in [9.17, 15) is 10.1 Å². The molecule has 0 atom stereocenters. The molecule has 0 bridgehead atoms. The van der Waals surface area contributed by atoms with Crippen LogP contribution in [0.2, 0.25) is 18.1 Å². The molecule has 0 unspecified atom stereocenters. The minimum absolute atomic E-state index is 0.0982. The third kappa shape index (κ3) is 5.09. The maximum absolute atomic E-state index is 10.4. The zero-order valence-electron chi connectivity index (χ0n) is 16.6. The van der Waals surface area contributed by atoms with Gasteiger partial charge in [-0.15, -0.1) is 0 Å². The lowest BCUT2D eigenvalue weighted by Gasteiger charge is -2.38. The van der Waals surface area contributed by atoms with Gasteiger partial charge in [0.15, 0.2) is 0 Å². The van der Waals surface area contributed by atoms with Crippen molar-refractivity contribution < 1.29 is 19.2 Å². The Morgan fingerprint density at radius 1 is 1.00 bits per heavy atom. The molecule has 24 heavy (non-hydrogen) atoms. The Morgan fingerprint density at radius 2 is 1.54 bits per heavy atom. The van der Waals surface area contributed by atoms with Crippen LogP contribution in [-0.2, 0) is 4.65 Å². The first-order valence-corrected chi connectivity index (χ1v) is 11.3. The number of hydrogen-bond donors (Lipinski definition) is 2. The van der Waals surface area contributed by atoms with Gasteiger partial charge in [0.1, 0.15) is 5.75 Å². The lowest BCUT2D eigenvalue weighted by Crippen LogP contribution is -2.53. The fraction of sp³-hybridized carbons (Fsp3) is 0.667. The molecule has 0 saturated heterocycles. The van der Waals surface area contributed by atoms with Crippen molar-refractivity contribution in [2.75, 3.05) is 0 Å². The van der Waals surface area contributed by atoms with E-state index in [1.165, 1.54) is 0 Å². The summed E-state index contributed by atoms with van der Waals surface area (Å²) in [5.41, 5.74) is -1.37. The topological polar surface area (TPSA) is 58.9 Å². The molecule has 1 rings (SSSR count). The van der Waals surface area contributed by atoms with Crippen LogP contribution in [0.3, 0.4) is 0 Å². The largest absolute Gasteiger partial charge is 0.544 e. The molecule has 0 radical (unpaired) electrons. The Balaban J connectivity index is 2.97. The SMILES string of the molecule is CC(C)(O)C(C)(C)OB(O)c1cccc(O[Si](C)(C)C(C)(C)C)c1. The molecular formula is C18H33BO4Si. The number of aliphatic hydroxyl groups is 1. The molecule has 0 aliphatic heterocycles. The van der Waals surface area contributed by atoms with E-state index in [1.807, 2.05) is 18.2 Å². The van der Waals surface area contributed by atoms with Gasteiger partial charge in [-0.3, -0.25) is 0 Å². The molecule has 0 heterocycles. The Bertz CT molecular complexity index is 559. The molecule has 0 aliphatic carbocycles. The summed E-state index contributed by atoms with van der Waals surface area (Å²) in [5.74, 6) is 0.739. The Hall–Kier alpha value is -0.818. The van der Waals surface area contributed by atoms with E-state index in [4.69, 9.17) is 9.08 Å². The molecule has 0 aliphatic rings. The van der Waals surface area contributed by atoms with Crippen LogP contribution in [0.1, 0.15) is 48.5 Å². The van der Waals surface area contributed by atoms with Gasteiger partial charge in [0.2, 0.25) is 8.32 Å². The molecule has 1 aromatic carbocycles. The predicted molar refractivity (Wildman–Crippen MR) is 103 cm³/mol. The molecule has 6 heteroatoms. The van der Waals surface area contributed by atoms with E-state index in [2.05, 4.69) is 33.9 Å². The van der Waals surface area contributed by atoms with Gasteiger partial charge >= 0.3 is 7.12 Å². The third-order valence-electron chi connectivity index (χ3n) is 5.20. The first-order chi connectivity index (χ1) is 10.6. The summed E-state index contributed by atoms with van der Waals surface area (Å²) in [7, 11) is -3.07. The van der Waals surface area contributed by atoms with Gasteiger partial charge in [-0.05, 0) is 63.4 Å². The minimum atomic E-state index is -1.94. The summed E-state index contributed by atoms with van der Waals surface area (Å²) in [6.45, 7) is 17.8. The lowest BCUT2D eigenvalue weighted by atomic mass is 9.76. The highest BCUT2D eigenvalue weighted by Crippen LogP contribution is 2.37. The van der Waals surface area contributed by atoms with Crippen LogP contribution in [-0.4, -0.2) is 36.8 Å². The molecular weight excluding hydrogens is 319 g/mol. The lowest BCUT2D eigenvalue weighted by molar-refractivity contribution is -0.0982. The van der Waals surface area contributed by atoms with Crippen molar-refractivity contribution in [1.29, 1.82) is 0 Å². The van der Waals surface area contributed by atoms with E-state index in [1.54, 1.807) is 33.8 Å². The minimum Gasteiger partial charge on any atom is -0.544 e. The first-order valence-electron chi connectivity index (χ1n) is 8.44. The van der Waals surface area contributed by atoms with Crippen LogP contribution in [0.15, 0.2) is 24.3 Å². The van der Waals surface area contributed by atoms with Crippen molar-refractivity contribution in [3.05, 3.63) is 24.3 Å². The summed E-state index contributed by atoms with van der Waals surface area (Å²) < 4.78 is 12.0. The molecule has 2 N–H and O–H groups in total. The van der Waals surface area contributed by atoms with Gasteiger partial charge < -0.3 is 19.2 Å². The van der Waals surface area contributed by atoms with Gasteiger partial charge in [-0.25, -0.2) is 0 Å². The van der Waals surface area contributed by atoms with Crippen LogP contribution in [0.25, 0.3) is 0 Å². The van der Waals surface area contributed by atoms with Crippen LogP contribution >= 0.6 is 0 Å². The number of rotatable bonds is 6. The molecule has 136 valence electrons. The quantitative estimate of drug-likeness (QED) is 0.771. The molecule has 0 spiro atoms. The zero-order valence-corrected chi connectivity index (χ0v) is 17.6. The average molecular weight is 352 g/mol. The predicted octanol–water partition coefficient (Wildman–Crippen LogP) is 3.32. The van der Waals surface area contributed by atoms with Gasteiger partial charge in [0, 0.05) is 0 Å². The average Bonchev–Trinajstić information content (AvgIpc) is 2.35. The van der Waals surface area contributed by atoms with Crippen molar-refractivity contribution in [3.63, 3.8) is 0 Å². The highest BCUT2D eigenvalue weighted by Gasteiger charge is 2.40. The highest BCUT2D eigenvalue weighted by molar-refractivity contribution is 6.74. The Labute approximate surface area is 148 Å². The van der Waals surface area contributed by atoms with Crippen LogP contribution in [0.5, 0.6) is 5.75 Å². The standard InChI is InChI=1S/C18H33BO4Si/c1-16(2,3)24(8,9)22-15-12-10-11-14(13-15)19(21)23-18(6,7)17(4,5)20/h10-13,20-21H,1-9H3. The zero-order chi connectivity index (χ0) is 19.0. The Morgan fingerprint density at radius 3 is 2.00 bits per heavy atom. The summed E-state index contributed by atoms with van der Waals surface area (Å²) in [4.78, 5) is 0. The maximum atomic E-state index is 10.4. The normalized spacial score (nSPS) is 13.8. The number of hydrogen-bond acceptors (Lipinski definition) is 4. The molecule has 0 fully saturated rings. The fourth-order valence-corrected chi connectivity index (χ4v) is 2.69. The first kappa shape index (κ1) is 21.2. The van der Waals surface area contributed by atoms with Crippen molar-refractivity contribution in [1.82, 2.24) is 0 Å². The summed E-state index contributed by atoms with van der Waals surface area (Å²) >= 11 is 0. The van der Waals surface area contributed by atoms with Gasteiger partial charge in [0.05, 0.1) is 11.2 Å². The highest BCUT2D eigenvalue weighted by atomic mass is 28.4. The van der Waals surface area contributed by atoms with Crippen LogP contribution in [0.4, 0.5) is 0 Å². The third-order valence-corrected chi connectivity index (χ3v) is 9.56. The van der Waals surface area contributed by atoms with E-state index in [0.717, 1.165) is 5.75 Å². The smallest absolute Gasteiger partial charge is 0.491 e. The summed E-state index contributed by atoms with van der Waals surface area (Å²) in [6.07, 6.45) is 0. The molecule has 1 aromatic rings. The van der Waals surface area contributed by atoms with Gasteiger partial charge in [0.25, 0.3) is 0 Å². The summed E-state index contributed by atoms with van der Waals surface area (Å²) in [5, 5.41) is 20.7. The Kier molecular flexibility index (Phi) is 6.04. The van der Waals surface area contributed by atoms with Crippen LogP contribution in [0, 0.1) is 0 Å². The molecule has 4 nitrogen and oxygen atoms in total. The van der Waals surface area contributed by atoms with E-state index >= 15 is 0 Å². The van der Waals surface area contributed by atoms with Crippen molar-refractivity contribution in [3.8, 4) is 5.75 Å². The van der Waals surface area contributed by atoms with E-state index in [-0.39, 0.29) is 5.04 Å². The molecule has 0 saturated carbocycles. The molecule has 0 aromatic heterocycles. The van der Waals surface area contributed by atoms with Crippen LogP contribution < -0.4 is 9.89 Å². The van der Waals surface area contributed by atoms with E-state index < -0.39 is 26.6 Å². The van der Waals surface area contributed by atoms with E-state index in [0.29, 0.717) is 5.46 Å². The molecule has 0 amide bonds. The fourth-order valence-electron chi connectivity index (χ4n) is 1.67. The second-order valence-corrected chi connectivity index (χ2v) is 13.7. The van der Waals surface area contributed by atoms with Crippen molar-refractivity contribution in [2.45, 2.75) is 77.8 Å². The van der Waals surface area contributed by atoms with Crippen molar-refractivity contribution >= 4 is 20.9 Å². The second-order valence-electron chi connectivity index (χ2n) is 8.97. The van der Waals surface area contributed by atoms with Gasteiger partial charge in [-0.2, -0.15) is 0 Å². The van der Waals surface area contributed by atoms with Crippen molar-refractivity contribution in [2.24, 2.45) is 0 Å². The summed E-state index contributed by atoms with van der Waals surface area (Å²) in [6, 6.07) is 7.36.